The monoisotopic (exact) mass is 339 g/mol. The molecule has 0 aliphatic heterocycles. The number of anilines is 1. The molecule has 0 radical (unpaired) electrons. The number of benzene rings is 2. The zero-order valence-corrected chi connectivity index (χ0v) is 12.2. The predicted molar refractivity (Wildman–Crippen MR) is 79.1 cm³/mol. The van der Waals surface area contributed by atoms with Crippen molar-refractivity contribution in [3.8, 4) is 0 Å². The molecule has 0 aliphatic rings. The Labute approximate surface area is 124 Å². The minimum atomic E-state index is -0.473. The van der Waals surface area contributed by atoms with Crippen molar-refractivity contribution in [1.29, 1.82) is 0 Å². The molecule has 3 nitrogen and oxygen atoms in total. The molecule has 2 N–H and O–H groups in total. The highest BCUT2D eigenvalue weighted by atomic mass is 79.9. The summed E-state index contributed by atoms with van der Waals surface area (Å²) in [5.41, 5.74) is 7.21. The van der Waals surface area contributed by atoms with Gasteiger partial charge in [-0.15, -0.1) is 0 Å². The lowest BCUT2D eigenvalue weighted by Crippen LogP contribution is -2.08. The highest BCUT2D eigenvalue weighted by Gasteiger charge is 2.12. The first kappa shape index (κ1) is 13.9. The third kappa shape index (κ3) is 3.49. The fourth-order valence-electron chi connectivity index (χ4n) is 1.54. The molecule has 5 heteroatoms. The van der Waals surface area contributed by atoms with Gasteiger partial charge in [-0.3, -0.25) is 0 Å². The van der Waals surface area contributed by atoms with Gasteiger partial charge in [-0.25, -0.2) is 4.79 Å². The zero-order valence-electron chi connectivity index (χ0n) is 9.90. The lowest BCUT2D eigenvalue weighted by molar-refractivity contribution is 0.0474. The Hall–Kier alpha value is -1.52. The first-order valence-electron chi connectivity index (χ1n) is 5.53. The maximum absolute atomic E-state index is 11.9. The van der Waals surface area contributed by atoms with Crippen LogP contribution in [0.2, 0.25) is 5.02 Å². The number of rotatable bonds is 3. The lowest BCUT2D eigenvalue weighted by Gasteiger charge is -2.08. The summed E-state index contributed by atoms with van der Waals surface area (Å²) in [6.45, 7) is 0.116. The predicted octanol–water partition coefficient (Wildman–Crippen LogP) is 4.04. The number of carbonyl (C=O) groups is 1. The molecular weight excluding hydrogens is 330 g/mol. The van der Waals surface area contributed by atoms with Crippen LogP contribution in [-0.2, 0) is 11.3 Å². The Morgan fingerprint density at radius 1 is 1.26 bits per heavy atom. The number of nitrogens with two attached hydrogens (primary N) is 1. The molecule has 2 rings (SSSR count). The van der Waals surface area contributed by atoms with Crippen molar-refractivity contribution in [2.24, 2.45) is 0 Å². The summed E-state index contributed by atoms with van der Waals surface area (Å²) in [6, 6.07) is 12.3. The molecule has 0 saturated heterocycles. The lowest BCUT2D eigenvalue weighted by atomic mass is 10.2. The first-order chi connectivity index (χ1) is 9.08. The van der Waals surface area contributed by atoms with E-state index >= 15 is 0 Å². The van der Waals surface area contributed by atoms with E-state index in [0.717, 1.165) is 10.0 Å². The van der Waals surface area contributed by atoms with Crippen LogP contribution in [0.3, 0.4) is 0 Å². The normalized spacial score (nSPS) is 10.2. The molecule has 0 saturated carbocycles. The van der Waals surface area contributed by atoms with Crippen LogP contribution in [0.1, 0.15) is 15.9 Å². The summed E-state index contributed by atoms with van der Waals surface area (Å²) in [4.78, 5) is 11.9. The Balaban J connectivity index is 2.10. The molecule has 0 aromatic heterocycles. The average Bonchev–Trinajstić information content (AvgIpc) is 2.40. The van der Waals surface area contributed by atoms with Crippen LogP contribution >= 0.6 is 27.5 Å². The molecule has 0 fully saturated rings. The van der Waals surface area contributed by atoms with E-state index in [1.165, 1.54) is 0 Å². The molecule has 0 bridgehead atoms. The molecule has 0 spiro atoms. The van der Waals surface area contributed by atoms with Crippen LogP contribution in [0.5, 0.6) is 0 Å². The van der Waals surface area contributed by atoms with Crippen molar-refractivity contribution in [2.75, 3.05) is 5.73 Å². The number of carbonyl (C=O) groups excluding carboxylic acids is 1. The van der Waals surface area contributed by atoms with Crippen LogP contribution in [0, 0.1) is 0 Å². The standard InChI is InChI=1S/C14H11BrClNO2/c15-10-5-6-13(17)11(7-10)14(18)19-8-9-3-1-2-4-12(9)16/h1-7H,8,17H2. The van der Waals surface area contributed by atoms with Gasteiger partial charge in [-0.1, -0.05) is 45.7 Å². The van der Waals surface area contributed by atoms with E-state index in [2.05, 4.69) is 15.9 Å². The van der Waals surface area contributed by atoms with Crippen molar-refractivity contribution in [3.05, 3.63) is 63.1 Å². The summed E-state index contributed by atoms with van der Waals surface area (Å²) in [5, 5.41) is 0.567. The van der Waals surface area contributed by atoms with Gasteiger partial charge in [0.1, 0.15) is 6.61 Å². The topological polar surface area (TPSA) is 52.3 Å². The Morgan fingerprint density at radius 3 is 2.74 bits per heavy atom. The smallest absolute Gasteiger partial charge is 0.340 e. The third-order valence-corrected chi connectivity index (χ3v) is 3.41. The van der Waals surface area contributed by atoms with Gasteiger partial charge >= 0.3 is 5.97 Å². The molecule has 0 aliphatic carbocycles. The molecule has 2 aromatic carbocycles. The van der Waals surface area contributed by atoms with E-state index in [9.17, 15) is 4.79 Å². The second kappa shape index (κ2) is 6.08. The van der Waals surface area contributed by atoms with Crippen LogP contribution in [-0.4, -0.2) is 5.97 Å². The van der Waals surface area contributed by atoms with Crippen LogP contribution in [0.25, 0.3) is 0 Å². The van der Waals surface area contributed by atoms with Crippen molar-refractivity contribution >= 4 is 39.2 Å². The van der Waals surface area contributed by atoms with Gasteiger partial charge in [0.05, 0.1) is 5.56 Å². The molecule has 0 amide bonds. The van der Waals surface area contributed by atoms with E-state index in [4.69, 9.17) is 22.1 Å². The van der Waals surface area contributed by atoms with Gasteiger partial charge in [-0.2, -0.15) is 0 Å². The van der Waals surface area contributed by atoms with Gasteiger partial charge in [0.2, 0.25) is 0 Å². The fourth-order valence-corrected chi connectivity index (χ4v) is 2.09. The zero-order chi connectivity index (χ0) is 13.8. The van der Waals surface area contributed by atoms with E-state index in [0.29, 0.717) is 16.3 Å². The highest BCUT2D eigenvalue weighted by molar-refractivity contribution is 9.10. The SMILES string of the molecule is Nc1ccc(Br)cc1C(=O)OCc1ccccc1Cl. The number of nitrogen functional groups attached to an aromatic ring is 1. The Bertz CT molecular complexity index is 616. The number of hydrogen-bond donors (Lipinski definition) is 1. The second-order valence-electron chi connectivity index (χ2n) is 3.90. The van der Waals surface area contributed by atoms with E-state index in [-0.39, 0.29) is 6.61 Å². The van der Waals surface area contributed by atoms with E-state index in [1.807, 2.05) is 12.1 Å². The van der Waals surface area contributed by atoms with Crippen molar-refractivity contribution < 1.29 is 9.53 Å². The summed E-state index contributed by atoms with van der Waals surface area (Å²) in [5.74, 6) is -0.473. The second-order valence-corrected chi connectivity index (χ2v) is 5.22. The van der Waals surface area contributed by atoms with Crippen molar-refractivity contribution in [2.45, 2.75) is 6.61 Å². The minimum absolute atomic E-state index is 0.116. The van der Waals surface area contributed by atoms with Gasteiger partial charge in [-0.05, 0) is 24.3 Å². The van der Waals surface area contributed by atoms with Crippen LogP contribution in [0.15, 0.2) is 46.9 Å². The molecule has 0 unspecified atom stereocenters. The van der Waals surface area contributed by atoms with E-state index < -0.39 is 5.97 Å². The first-order valence-corrected chi connectivity index (χ1v) is 6.70. The molecular formula is C14H11BrClNO2. The third-order valence-electron chi connectivity index (χ3n) is 2.55. The van der Waals surface area contributed by atoms with Gasteiger partial charge < -0.3 is 10.5 Å². The summed E-state index contributed by atoms with van der Waals surface area (Å²) in [7, 11) is 0. The summed E-state index contributed by atoms with van der Waals surface area (Å²) < 4.78 is 5.98. The van der Waals surface area contributed by atoms with Crippen LogP contribution in [0.4, 0.5) is 5.69 Å². The van der Waals surface area contributed by atoms with Gasteiger partial charge in [0.15, 0.2) is 0 Å². The molecule has 19 heavy (non-hydrogen) atoms. The number of halogens is 2. The maximum Gasteiger partial charge on any atom is 0.340 e. The molecule has 0 heterocycles. The number of esters is 1. The summed E-state index contributed by atoms with van der Waals surface area (Å²) in [6.07, 6.45) is 0. The quantitative estimate of drug-likeness (QED) is 0.677. The van der Waals surface area contributed by atoms with Crippen molar-refractivity contribution in [3.63, 3.8) is 0 Å². The number of ether oxygens (including phenoxy) is 1. The Kier molecular flexibility index (Phi) is 4.45. The van der Waals surface area contributed by atoms with E-state index in [1.54, 1.807) is 30.3 Å². The Morgan fingerprint density at radius 2 is 2.00 bits per heavy atom. The number of hydrogen-bond acceptors (Lipinski definition) is 3. The largest absolute Gasteiger partial charge is 0.457 e. The van der Waals surface area contributed by atoms with Crippen molar-refractivity contribution in [1.82, 2.24) is 0 Å². The minimum Gasteiger partial charge on any atom is -0.457 e. The maximum atomic E-state index is 11.9. The molecule has 98 valence electrons. The highest BCUT2D eigenvalue weighted by Crippen LogP contribution is 2.21. The molecule has 0 atom stereocenters. The van der Waals surface area contributed by atoms with Gasteiger partial charge in [0, 0.05) is 20.7 Å². The fraction of sp³-hybridized carbons (Fsp3) is 0.0714. The van der Waals surface area contributed by atoms with Crippen LogP contribution < -0.4 is 5.73 Å². The average molecular weight is 341 g/mol. The van der Waals surface area contributed by atoms with Gasteiger partial charge in [0.25, 0.3) is 0 Å². The summed E-state index contributed by atoms with van der Waals surface area (Å²) >= 11 is 9.27. The molecule has 2 aromatic rings.